The van der Waals surface area contributed by atoms with Crippen molar-refractivity contribution >= 4 is 23.2 Å². The number of carbonyl (C=O) groups is 2. The van der Waals surface area contributed by atoms with E-state index in [1.165, 1.54) is 16.2 Å². The van der Waals surface area contributed by atoms with Gasteiger partial charge in [-0.15, -0.1) is 11.3 Å². The minimum absolute atomic E-state index is 0.0211. The molecule has 0 saturated carbocycles. The van der Waals surface area contributed by atoms with Crippen molar-refractivity contribution in [3.8, 4) is 11.8 Å². The first-order chi connectivity index (χ1) is 10.1. The van der Waals surface area contributed by atoms with Crippen LogP contribution in [0.15, 0.2) is 11.4 Å². The molecule has 0 saturated heterocycles. The molecule has 0 atom stereocenters. The maximum absolute atomic E-state index is 12.3. The van der Waals surface area contributed by atoms with Crippen molar-refractivity contribution in [2.45, 2.75) is 20.3 Å². The average molecular weight is 309 g/mol. The molecule has 1 aromatic rings. The van der Waals surface area contributed by atoms with E-state index < -0.39 is 5.97 Å². The van der Waals surface area contributed by atoms with E-state index in [0.29, 0.717) is 25.1 Å². The van der Waals surface area contributed by atoms with Gasteiger partial charge in [0.2, 0.25) is 0 Å². The van der Waals surface area contributed by atoms with Gasteiger partial charge in [-0.25, -0.2) is 0 Å². The van der Waals surface area contributed by atoms with Crippen LogP contribution in [0.4, 0.5) is 0 Å². The fourth-order valence-corrected chi connectivity index (χ4v) is 2.34. The lowest BCUT2D eigenvalue weighted by Crippen LogP contribution is -2.36. The van der Waals surface area contributed by atoms with Gasteiger partial charge in [0, 0.05) is 18.3 Å². The number of carbonyl (C=O) groups excluding carboxylic acids is 2. The van der Waals surface area contributed by atoms with Crippen molar-refractivity contribution in [1.82, 2.24) is 4.90 Å². The molecule has 1 rings (SSSR count). The Bertz CT molecular complexity index is 541. The second-order valence-electron chi connectivity index (χ2n) is 4.10. The number of hydrogen-bond acceptors (Lipinski definition) is 5. The van der Waals surface area contributed by atoms with Crippen LogP contribution >= 0.6 is 11.3 Å². The van der Waals surface area contributed by atoms with Crippen LogP contribution in [-0.2, 0) is 9.53 Å². The molecule has 114 valence electrons. The monoisotopic (exact) mass is 309 g/mol. The SMILES string of the molecule is CCOC(=O)CN(CC)C(=O)c1csc(C#CCCO)c1. The second kappa shape index (κ2) is 9.16. The number of nitrogens with zero attached hydrogens (tertiary/aromatic N) is 1. The maximum Gasteiger partial charge on any atom is 0.325 e. The molecule has 1 heterocycles. The molecule has 0 spiro atoms. The summed E-state index contributed by atoms with van der Waals surface area (Å²) in [5.41, 5.74) is 0.513. The molecule has 0 aliphatic carbocycles. The summed E-state index contributed by atoms with van der Waals surface area (Å²) in [6.07, 6.45) is 0.408. The third-order valence-corrected chi connectivity index (χ3v) is 3.43. The standard InChI is InChI=1S/C15H19NO4S/c1-3-16(10-14(18)20-4-2)15(19)12-9-13(21-11-12)7-5-6-8-17/h9,11,17H,3-4,6,8,10H2,1-2H3. The van der Waals surface area contributed by atoms with E-state index in [0.717, 1.165) is 4.88 Å². The zero-order chi connectivity index (χ0) is 15.7. The van der Waals surface area contributed by atoms with E-state index in [4.69, 9.17) is 9.84 Å². The third-order valence-electron chi connectivity index (χ3n) is 2.59. The highest BCUT2D eigenvalue weighted by atomic mass is 32.1. The van der Waals surface area contributed by atoms with E-state index in [1.54, 1.807) is 18.4 Å². The Balaban J connectivity index is 2.72. The molecule has 0 fully saturated rings. The molecule has 0 aromatic carbocycles. The Kier molecular flexibility index (Phi) is 7.51. The summed E-state index contributed by atoms with van der Waals surface area (Å²) in [5.74, 6) is 5.07. The first-order valence-electron chi connectivity index (χ1n) is 6.75. The van der Waals surface area contributed by atoms with Crippen LogP contribution in [0.5, 0.6) is 0 Å². The maximum atomic E-state index is 12.3. The Morgan fingerprint density at radius 2 is 2.19 bits per heavy atom. The minimum atomic E-state index is -0.411. The molecular weight excluding hydrogens is 290 g/mol. The van der Waals surface area contributed by atoms with Gasteiger partial charge in [-0.2, -0.15) is 0 Å². The summed E-state index contributed by atoms with van der Waals surface area (Å²) in [5, 5.41) is 10.4. The molecule has 0 unspecified atom stereocenters. The van der Waals surface area contributed by atoms with Crippen LogP contribution in [0, 0.1) is 11.8 Å². The van der Waals surface area contributed by atoms with E-state index in [1.807, 2.05) is 6.92 Å². The molecular formula is C15H19NO4S. The predicted octanol–water partition coefficient (Wildman–Crippen LogP) is 1.51. The van der Waals surface area contributed by atoms with Crippen LogP contribution < -0.4 is 0 Å². The third kappa shape index (κ3) is 5.58. The number of aliphatic hydroxyl groups excluding tert-OH is 1. The Labute approximate surface area is 128 Å². The molecule has 0 aliphatic heterocycles. The van der Waals surface area contributed by atoms with Crippen molar-refractivity contribution in [2.24, 2.45) is 0 Å². The van der Waals surface area contributed by atoms with Gasteiger partial charge in [0.05, 0.1) is 23.7 Å². The normalized spacial score (nSPS) is 9.67. The largest absolute Gasteiger partial charge is 0.465 e. The molecule has 0 aliphatic rings. The highest BCUT2D eigenvalue weighted by Crippen LogP contribution is 2.15. The van der Waals surface area contributed by atoms with Gasteiger partial charge in [0.1, 0.15) is 6.54 Å². The number of esters is 1. The summed E-state index contributed by atoms with van der Waals surface area (Å²) in [6, 6.07) is 1.70. The van der Waals surface area contributed by atoms with Crippen LogP contribution in [0.2, 0.25) is 0 Å². The molecule has 0 radical (unpaired) electrons. The number of ether oxygens (including phenoxy) is 1. The lowest BCUT2D eigenvalue weighted by Gasteiger charge is -2.18. The smallest absolute Gasteiger partial charge is 0.325 e. The summed E-state index contributed by atoms with van der Waals surface area (Å²) in [7, 11) is 0. The average Bonchev–Trinajstić information content (AvgIpc) is 2.93. The van der Waals surface area contributed by atoms with Crippen molar-refractivity contribution in [1.29, 1.82) is 0 Å². The predicted molar refractivity (Wildman–Crippen MR) is 81.1 cm³/mol. The van der Waals surface area contributed by atoms with Crippen LogP contribution in [0.1, 0.15) is 35.5 Å². The number of thiophene rings is 1. The first kappa shape index (κ1) is 17.2. The number of rotatable bonds is 6. The molecule has 1 aromatic heterocycles. The Morgan fingerprint density at radius 1 is 1.43 bits per heavy atom. The fourth-order valence-electron chi connectivity index (χ4n) is 1.59. The summed E-state index contributed by atoms with van der Waals surface area (Å²) in [4.78, 5) is 26.0. The molecule has 1 amide bonds. The van der Waals surface area contributed by atoms with Gasteiger partial charge in [-0.1, -0.05) is 11.8 Å². The fraction of sp³-hybridized carbons (Fsp3) is 0.467. The van der Waals surface area contributed by atoms with Crippen molar-refractivity contribution < 1.29 is 19.4 Å². The number of amides is 1. The van der Waals surface area contributed by atoms with Crippen molar-refractivity contribution in [3.05, 3.63) is 21.9 Å². The topological polar surface area (TPSA) is 66.8 Å². The molecule has 1 N–H and O–H groups in total. The first-order valence-corrected chi connectivity index (χ1v) is 7.63. The quantitative estimate of drug-likeness (QED) is 0.639. The van der Waals surface area contributed by atoms with E-state index >= 15 is 0 Å². The molecule has 5 nitrogen and oxygen atoms in total. The zero-order valence-corrected chi connectivity index (χ0v) is 13.0. The number of aliphatic hydroxyl groups is 1. The lowest BCUT2D eigenvalue weighted by molar-refractivity contribution is -0.143. The highest BCUT2D eigenvalue weighted by molar-refractivity contribution is 7.10. The Morgan fingerprint density at radius 3 is 2.81 bits per heavy atom. The van der Waals surface area contributed by atoms with Crippen molar-refractivity contribution in [3.63, 3.8) is 0 Å². The summed E-state index contributed by atoms with van der Waals surface area (Å²) in [6.45, 7) is 4.24. The van der Waals surface area contributed by atoms with Gasteiger partial charge in [-0.3, -0.25) is 9.59 Å². The number of likely N-dealkylation sites (N-methyl/N-ethyl adjacent to an activating group) is 1. The van der Waals surface area contributed by atoms with Crippen molar-refractivity contribution in [2.75, 3.05) is 26.3 Å². The van der Waals surface area contributed by atoms with Crippen LogP contribution in [0.25, 0.3) is 0 Å². The van der Waals surface area contributed by atoms with Gasteiger partial charge in [0.25, 0.3) is 5.91 Å². The van der Waals surface area contributed by atoms with E-state index in [9.17, 15) is 9.59 Å². The summed E-state index contributed by atoms with van der Waals surface area (Å²) >= 11 is 1.37. The molecule has 6 heteroatoms. The second-order valence-corrected chi connectivity index (χ2v) is 5.01. The highest BCUT2D eigenvalue weighted by Gasteiger charge is 2.18. The van der Waals surface area contributed by atoms with Crippen LogP contribution in [-0.4, -0.2) is 48.2 Å². The number of hydrogen-bond donors (Lipinski definition) is 1. The minimum Gasteiger partial charge on any atom is -0.465 e. The van der Waals surface area contributed by atoms with Gasteiger partial charge >= 0.3 is 5.97 Å². The van der Waals surface area contributed by atoms with Crippen LogP contribution in [0.3, 0.4) is 0 Å². The van der Waals surface area contributed by atoms with E-state index in [2.05, 4.69) is 11.8 Å². The Hall–Kier alpha value is -1.84. The molecule has 21 heavy (non-hydrogen) atoms. The van der Waals surface area contributed by atoms with Gasteiger partial charge in [-0.05, 0) is 19.9 Å². The summed E-state index contributed by atoms with van der Waals surface area (Å²) < 4.78 is 4.85. The van der Waals surface area contributed by atoms with Gasteiger partial charge in [0.15, 0.2) is 0 Å². The molecule has 0 bridgehead atoms. The lowest BCUT2D eigenvalue weighted by atomic mass is 10.2. The van der Waals surface area contributed by atoms with Gasteiger partial charge < -0.3 is 14.7 Å². The zero-order valence-electron chi connectivity index (χ0n) is 12.2. The van der Waals surface area contributed by atoms with E-state index in [-0.39, 0.29) is 19.1 Å².